The molecule has 0 bridgehead atoms. The zero-order chi connectivity index (χ0) is 11.7. The largest absolute Gasteiger partial charge is 0.398 e. The van der Waals surface area contributed by atoms with Gasteiger partial charge in [-0.05, 0) is 30.3 Å². The van der Waals surface area contributed by atoms with Crippen LogP contribution in [0, 0.1) is 0 Å². The van der Waals surface area contributed by atoms with Crippen molar-refractivity contribution in [2.75, 3.05) is 5.73 Å². The Bertz CT molecular complexity index is 538. The van der Waals surface area contributed by atoms with Crippen molar-refractivity contribution < 1.29 is 0 Å². The molecule has 0 aliphatic carbocycles. The number of anilines is 1. The minimum atomic E-state index is 0.557. The summed E-state index contributed by atoms with van der Waals surface area (Å²) in [6, 6.07) is 10.5. The van der Waals surface area contributed by atoms with Crippen molar-refractivity contribution in [3.63, 3.8) is 0 Å². The Morgan fingerprint density at radius 2 is 1.38 bits per heavy atom. The SMILES string of the molecule is Nc1ccc(Cl)cc1-c1ccc(Cl)cc1Cl. The van der Waals surface area contributed by atoms with Crippen LogP contribution >= 0.6 is 34.8 Å². The molecular weight excluding hydrogens is 264 g/mol. The number of rotatable bonds is 1. The third-order valence-electron chi connectivity index (χ3n) is 2.24. The molecule has 2 aromatic carbocycles. The van der Waals surface area contributed by atoms with Crippen LogP contribution in [0.3, 0.4) is 0 Å². The van der Waals surface area contributed by atoms with Crippen LogP contribution < -0.4 is 5.73 Å². The van der Waals surface area contributed by atoms with Crippen molar-refractivity contribution in [3.05, 3.63) is 51.5 Å². The van der Waals surface area contributed by atoms with Crippen LogP contribution in [0.1, 0.15) is 0 Å². The summed E-state index contributed by atoms with van der Waals surface area (Å²) in [5.41, 5.74) is 8.15. The van der Waals surface area contributed by atoms with E-state index in [1.807, 2.05) is 6.07 Å². The first-order chi connectivity index (χ1) is 7.58. The molecule has 2 aromatic rings. The molecule has 2 rings (SSSR count). The fourth-order valence-corrected chi connectivity index (χ4v) is 2.15. The van der Waals surface area contributed by atoms with Crippen LogP contribution in [0.2, 0.25) is 15.1 Å². The molecule has 0 aliphatic rings. The Balaban J connectivity index is 2.62. The summed E-state index contributed by atoms with van der Waals surface area (Å²) in [5.74, 6) is 0. The number of nitrogen functional groups attached to an aromatic ring is 1. The lowest BCUT2D eigenvalue weighted by molar-refractivity contribution is 1.61. The number of nitrogens with two attached hydrogens (primary N) is 1. The molecule has 0 saturated heterocycles. The minimum Gasteiger partial charge on any atom is -0.398 e. The first-order valence-corrected chi connectivity index (χ1v) is 5.72. The van der Waals surface area contributed by atoms with Crippen LogP contribution in [0.5, 0.6) is 0 Å². The summed E-state index contributed by atoms with van der Waals surface area (Å²) in [6.07, 6.45) is 0. The molecule has 2 N–H and O–H groups in total. The highest BCUT2D eigenvalue weighted by atomic mass is 35.5. The average molecular weight is 273 g/mol. The Labute approximate surface area is 109 Å². The highest BCUT2D eigenvalue weighted by Crippen LogP contribution is 2.35. The van der Waals surface area contributed by atoms with Gasteiger partial charge in [0.25, 0.3) is 0 Å². The summed E-state index contributed by atoms with van der Waals surface area (Å²) in [6.45, 7) is 0. The first-order valence-electron chi connectivity index (χ1n) is 4.58. The van der Waals surface area contributed by atoms with Gasteiger partial charge in [-0.1, -0.05) is 40.9 Å². The van der Waals surface area contributed by atoms with Crippen LogP contribution in [0.4, 0.5) is 5.69 Å². The third-order valence-corrected chi connectivity index (χ3v) is 3.02. The monoisotopic (exact) mass is 271 g/mol. The normalized spacial score (nSPS) is 10.4. The topological polar surface area (TPSA) is 26.0 Å². The average Bonchev–Trinajstić information content (AvgIpc) is 2.22. The summed E-state index contributed by atoms with van der Waals surface area (Å²) >= 11 is 17.9. The van der Waals surface area contributed by atoms with Crippen molar-refractivity contribution in [1.82, 2.24) is 0 Å². The fourth-order valence-electron chi connectivity index (χ4n) is 1.47. The van der Waals surface area contributed by atoms with Crippen LogP contribution in [-0.2, 0) is 0 Å². The molecule has 0 radical (unpaired) electrons. The standard InChI is InChI=1S/C12H8Cl3N/c13-7-2-4-12(16)10(5-7)9-3-1-8(14)6-11(9)15/h1-6H,16H2. The van der Waals surface area contributed by atoms with E-state index >= 15 is 0 Å². The van der Waals surface area contributed by atoms with E-state index < -0.39 is 0 Å². The van der Waals surface area contributed by atoms with Crippen LogP contribution in [-0.4, -0.2) is 0 Å². The maximum Gasteiger partial charge on any atom is 0.0499 e. The van der Waals surface area contributed by atoms with E-state index in [2.05, 4.69) is 0 Å². The molecule has 0 heterocycles. The van der Waals surface area contributed by atoms with Gasteiger partial charge in [0.15, 0.2) is 0 Å². The zero-order valence-electron chi connectivity index (χ0n) is 8.18. The number of hydrogen-bond acceptors (Lipinski definition) is 1. The van der Waals surface area contributed by atoms with Crippen molar-refractivity contribution in [2.24, 2.45) is 0 Å². The maximum atomic E-state index is 6.11. The smallest absolute Gasteiger partial charge is 0.0499 e. The highest BCUT2D eigenvalue weighted by molar-refractivity contribution is 6.36. The molecule has 0 atom stereocenters. The van der Waals surface area contributed by atoms with Gasteiger partial charge < -0.3 is 5.73 Å². The van der Waals surface area contributed by atoms with Gasteiger partial charge in [-0.2, -0.15) is 0 Å². The summed E-state index contributed by atoms with van der Waals surface area (Å²) < 4.78 is 0. The van der Waals surface area contributed by atoms with Gasteiger partial charge in [-0.25, -0.2) is 0 Å². The van der Waals surface area contributed by atoms with Crippen molar-refractivity contribution in [3.8, 4) is 11.1 Å². The van der Waals surface area contributed by atoms with Gasteiger partial charge in [0.2, 0.25) is 0 Å². The lowest BCUT2D eigenvalue weighted by Gasteiger charge is -2.08. The van der Waals surface area contributed by atoms with Gasteiger partial charge in [0.1, 0.15) is 0 Å². The maximum absolute atomic E-state index is 6.11. The fraction of sp³-hybridized carbons (Fsp3) is 0. The predicted octanol–water partition coefficient (Wildman–Crippen LogP) is 4.90. The molecule has 16 heavy (non-hydrogen) atoms. The van der Waals surface area contributed by atoms with Gasteiger partial charge in [-0.3, -0.25) is 0 Å². The zero-order valence-corrected chi connectivity index (χ0v) is 10.4. The van der Waals surface area contributed by atoms with E-state index in [0.717, 1.165) is 11.1 Å². The molecule has 82 valence electrons. The van der Waals surface area contributed by atoms with Crippen LogP contribution in [0.15, 0.2) is 36.4 Å². The van der Waals surface area contributed by atoms with E-state index in [1.54, 1.807) is 30.3 Å². The third kappa shape index (κ3) is 2.27. The lowest BCUT2D eigenvalue weighted by atomic mass is 10.0. The number of halogens is 3. The molecule has 0 fully saturated rings. The highest BCUT2D eigenvalue weighted by Gasteiger charge is 2.08. The van der Waals surface area contributed by atoms with E-state index in [-0.39, 0.29) is 0 Å². The van der Waals surface area contributed by atoms with Gasteiger partial charge in [-0.15, -0.1) is 0 Å². The quantitative estimate of drug-likeness (QED) is 0.734. The van der Waals surface area contributed by atoms with E-state index in [9.17, 15) is 0 Å². The molecular formula is C12H8Cl3N. The number of benzene rings is 2. The summed E-state index contributed by atoms with van der Waals surface area (Å²) in [7, 11) is 0. The predicted molar refractivity (Wildman–Crippen MR) is 71.3 cm³/mol. The molecule has 0 aromatic heterocycles. The second-order valence-electron chi connectivity index (χ2n) is 3.36. The molecule has 4 heteroatoms. The Kier molecular flexibility index (Phi) is 3.29. The van der Waals surface area contributed by atoms with E-state index in [0.29, 0.717) is 20.8 Å². The molecule has 0 aliphatic heterocycles. The van der Waals surface area contributed by atoms with Gasteiger partial charge >= 0.3 is 0 Å². The Morgan fingerprint density at radius 3 is 2.06 bits per heavy atom. The second kappa shape index (κ2) is 4.54. The van der Waals surface area contributed by atoms with E-state index in [4.69, 9.17) is 40.5 Å². The van der Waals surface area contributed by atoms with E-state index in [1.165, 1.54) is 0 Å². The molecule has 0 spiro atoms. The summed E-state index contributed by atoms with van der Waals surface area (Å²) in [5, 5.41) is 1.77. The lowest BCUT2D eigenvalue weighted by Crippen LogP contribution is -1.90. The Hall–Kier alpha value is -0.890. The Morgan fingerprint density at radius 1 is 0.750 bits per heavy atom. The first kappa shape index (κ1) is 11.6. The molecule has 0 saturated carbocycles. The van der Waals surface area contributed by atoms with Crippen molar-refractivity contribution in [2.45, 2.75) is 0 Å². The van der Waals surface area contributed by atoms with Gasteiger partial charge in [0.05, 0.1) is 0 Å². The van der Waals surface area contributed by atoms with Gasteiger partial charge in [0, 0.05) is 31.9 Å². The van der Waals surface area contributed by atoms with Crippen LogP contribution in [0.25, 0.3) is 11.1 Å². The van der Waals surface area contributed by atoms with Crippen molar-refractivity contribution >= 4 is 40.5 Å². The summed E-state index contributed by atoms with van der Waals surface area (Å²) in [4.78, 5) is 0. The number of hydrogen-bond donors (Lipinski definition) is 1. The molecule has 0 amide bonds. The minimum absolute atomic E-state index is 0.557. The molecule has 1 nitrogen and oxygen atoms in total. The molecule has 0 unspecified atom stereocenters. The van der Waals surface area contributed by atoms with Crippen molar-refractivity contribution in [1.29, 1.82) is 0 Å². The second-order valence-corrected chi connectivity index (χ2v) is 4.64.